The highest BCUT2D eigenvalue weighted by atomic mass is 16.6. The molecule has 0 saturated heterocycles. The van der Waals surface area contributed by atoms with Gasteiger partial charge in [0.05, 0.1) is 12.2 Å². The molecule has 3 nitrogen and oxygen atoms in total. The zero-order valence-electron chi connectivity index (χ0n) is 8.76. The molecule has 0 aromatic carbocycles. The fraction of sp³-hybridized carbons (Fsp3) is 1.00. The summed E-state index contributed by atoms with van der Waals surface area (Å²) in [5, 5.41) is 0. The molecule has 3 heteroatoms. The van der Waals surface area contributed by atoms with E-state index in [1.807, 2.05) is 27.7 Å². The van der Waals surface area contributed by atoms with Gasteiger partial charge in [0, 0.05) is 13.7 Å². The van der Waals surface area contributed by atoms with Crippen molar-refractivity contribution >= 4 is 0 Å². The van der Waals surface area contributed by atoms with Gasteiger partial charge in [0.15, 0.2) is 0 Å². The molecule has 2 N–H and O–H groups in total. The van der Waals surface area contributed by atoms with Crippen LogP contribution in [0.15, 0.2) is 0 Å². The standard InChI is InChI=1S/C9H21NO2/c1-7(2)12-9(4,6-10)8(3)11-5/h7-8H,6,10H2,1-5H3. The van der Waals surface area contributed by atoms with Gasteiger partial charge in [0.25, 0.3) is 0 Å². The van der Waals surface area contributed by atoms with Crippen molar-refractivity contribution in [3.63, 3.8) is 0 Å². The average molecular weight is 175 g/mol. The Bertz CT molecular complexity index is 128. The minimum absolute atomic E-state index is 0.0184. The quantitative estimate of drug-likeness (QED) is 0.682. The first-order chi connectivity index (χ1) is 5.46. The molecule has 0 fully saturated rings. The van der Waals surface area contributed by atoms with E-state index < -0.39 is 0 Å². The van der Waals surface area contributed by atoms with Crippen LogP contribution in [-0.4, -0.2) is 31.5 Å². The molecular formula is C9H21NO2. The third-order valence-electron chi connectivity index (χ3n) is 2.12. The van der Waals surface area contributed by atoms with Gasteiger partial charge in [-0.3, -0.25) is 0 Å². The molecule has 2 unspecified atom stereocenters. The second-order valence-electron chi connectivity index (χ2n) is 3.56. The number of hydrogen-bond donors (Lipinski definition) is 1. The van der Waals surface area contributed by atoms with E-state index in [9.17, 15) is 0 Å². The van der Waals surface area contributed by atoms with Crippen molar-refractivity contribution < 1.29 is 9.47 Å². The van der Waals surface area contributed by atoms with E-state index in [1.54, 1.807) is 7.11 Å². The summed E-state index contributed by atoms with van der Waals surface area (Å²) in [4.78, 5) is 0. The zero-order chi connectivity index (χ0) is 9.78. The molecular weight excluding hydrogens is 154 g/mol. The Morgan fingerprint density at radius 2 is 1.83 bits per heavy atom. The van der Waals surface area contributed by atoms with Crippen molar-refractivity contribution in [1.29, 1.82) is 0 Å². The zero-order valence-corrected chi connectivity index (χ0v) is 8.76. The fourth-order valence-corrected chi connectivity index (χ4v) is 1.10. The van der Waals surface area contributed by atoms with Crippen LogP contribution in [0, 0.1) is 0 Å². The molecule has 0 aromatic heterocycles. The maximum Gasteiger partial charge on any atom is 0.104 e. The van der Waals surface area contributed by atoms with E-state index in [0.29, 0.717) is 6.54 Å². The van der Waals surface area contributed by atoms with Crippen molar-refractivity contribution in [3.05, 3.63) is 0 Å². The molecule has 0 aromatic rings. The predicted octanol–water partition coefficient (Wildman–Crippen LogP) is 1.16. The summed E-state index contributed by atoms with van der Waals surface area (Å²) in [6.45, 7) is 8.41. The molecule has 0 aliphatic heterocycles. The van der Waals surface area contributed by atoms with Crippen LogP contribution < -0.4 is 5.73 Å². The van der Waals surface area contributed by atoms with Gasteiger partial charge in [-0.2, -0.15) is 0 Å². The molecule has 12 heavy (non-hydrogen) atoms. The van der Waals surface area contributed by atoms with Crippen LogP contribution in [-0.2, 0) is 9.47 Å². The second kappa shape index (κ2) is 4.80. The van der Waals surface area contributed by atoms with Gasteiger partial charge < -0.3 is 15.2 Å². The number of rotatable bonds is 5. The first kappa shape index (κ1) is 11.9. The number of methoxy groups -OCH3 is 1. The molecule has 0 amide bonds. The number of nitrogens with two attached hydrogens (primary N) is 1. The fourth-order valence-electron chi connectivity index (χ4n) is 1.10. The summed E-state index contributed by atoms with van der Waals surface area (Å²) in [5.41, 5.74) is 5.25. The van der Waals surface area contributed by atoms with E-state index in [0.717, 1.165) is 0 Å². The minimum Gasteiger partial charge on any atom is -0.379 e. The third-order valence-corrected chi connectivity index (χ3v) is 2.12. The Balaban J connectivity index is 4.22. The first-order valence-corrected chi connectivity index (χ1v) is 4.37. The van der Waals surface area contributed by atoms with Crippen LogP contribution in [0.4, 0.5) is 0 Å². The lowest BCUT2D eigenvalue weighted by Gasteiger charge is -2.35. The van der Waals surface area contributed by atoms with Crippen LogP contribution in [0.3, 0.4) is 0 Å². The summed E-state index contributed by atoms with van der Waals surface area (Å²) < 4.78 is 10.9. The van der Waals surface area contributed by atoms with E-state index in [1.165, 1.54) is 0 Å². The summed E-state index contributed by atoms with van der Waals surface area (Å²) >= 11 is 0. The smallest absolute Gasteiger partial charge is 0.104 e. The highest BCUT2D eigenvalue weighted by Crippen LogP contribution is 2.18. The van der Waals surface area contributed by atoms with Crippen LogP contribution >= 0.6 is 0 Å². The van der Waals surface area contributed by atoms with Gasteiger partial charge >= 0.3 is 0 Å². The Hall–Kier alpha value is -0.120. The lowest BCUT2D eigenvalue weighted by Crippen LogP contribution is -2.49. The van der Waals surface area contributed by atoms with E-state index in [-0.39, 0.29) is 17.8 Å². The molecule has 0 saturated carbocycles. The summed E-state index contributed by atoms with van der Waals surface area (Å²) in [6, 6.07) is 0. The summed E-state index contributed by atoms with van der Waals surface area (Å²) in [7, 11) is 1.67. The van der Waals surface area contributed by atoms with E-state index in [2.05, 4.69) is 0 Å². The SMILES string of the molecule is COC(C)C(C)(CN)OC(C)C. The molecule has 0 aliphatic carbocycles. The van der Waals surface area contributed by atoms with Crippen molar-refractivity contribution in [2.45, 2.75) is 45.5 Å². The van der Waals surface area contributed by atoms with Gasteiger partial charge in [-0.05, 0) is 27.7 Å². The molecule has 74 valence electrons. The highest BCUT2D eigenvalue weighted by molar-refractivity contribution is 4.83. The molecule has 0 radical (unpaired) electrons. The molecule has 0 heterocycles. The summed E-state index contributed by atoms with van der Waals surface area (Å²) in [6.07, 6.45) is 0.195. The molecule has 0 rings (SSSR count). The number of ether oxygens (including phenoxy) is 2. The van der Waals surface area contributed by atoms with Gasteiger partial charge in [0.1, 0.15) is 5.60 Å². The van der Waals surface area contributed by atoms with Gasteiger partial charge in [0.2, 0.25) is 0 Å². The second-order valence-corrected chi connectivity index (χ2v) is 3.56. The van der Waals surface area contributed by atoms with Crippen LogP contribution in [0.25, 0.3) is 0 Å². The van der Waals surface area contributed by atoms with Crippen LogP contribution in [0.2, 0.25) is 0 Å². The maximum atomic E-state index is 5.69. The summed E-state index contributed by atoms with van der Waals surface area (Å²) in [5.74, 6) is 0. The van der Waals surface area contributed by atoms with Crippen molar-refractivity contribution in [1.82, 2.24) is 0 Å². The van der Waals surface area contributed by atoms with Gasteiger partial charge in [-0.1, -0.05) is 0 Å². The first-order valence-electron chi connectivity index (χ1n) is 4.37. The van der Waals surface area contributed by atoms with E-state index in [4.69, 9.17) is 15.2 Å². The van der Waals surface area contributed by atoms with Gasteiger partial charge in [-0.25, -0.2) is 0 Å². The molecule has 2 atom stereocenters. The average Bonchev–Trinajstić information content (AvgIpc) is 2.01. The lowest BCUT2D eigenvalue weighted by molar-refractivity contribution is -0.135. The molecule has 0 aliphatic rings. The molecule has 0 bridgehead atoms. The Morgan fingerprint density at radius 1 is 1.33 bits per heavy atom. The van der Waals surface area contributed by atoms with E-state index >= 15 is 0 Å². The van der Waals surface area contributed by atoms with Crippen molar-refractivity contribution in [2.24, 2.45) is 5.73 Å². The van der Waals surface area contributed by atoms with Gasteiger partial charge in [-0.15, -0.1) is 0 Å². The monoisotopic (exact) mass is 175 g/mol. The molecule has 0 spiro atoms. The minimum atomic E-state index is -0.372. The normalized spacial score (nSPS) is 19.2. The largest absolute Gasteiger partial charge is 0.379 e. The lowest BCUT2D eigenvalue weighted by atomic mass is 10.00. The highest BCUT2D eigenvalue weighted by Gasteiger charge is 2.31. The van der Waals surface area contributed by atoms with Crippen LogP contribution in [0.1, 0.15) is 27.7 Å². The Labute approximate surface area is 75.2 Å². The number of hydrogen-bond acceptors (Lipinski definition) is 3. The Morgan fingerprint density at radius 3 is 2.08 bits per heavy atom. The van der Waals surface area contributed by atoms with Crippen LogP contribution in [0.5, 0.6) is 0 Å². The topological polar surface area (TPSA) is 44.5 Å². The maximum absolute atomic E-state index is 5.69. The van der Waals surface area contributed by atoms with Crippen molar-refractivity contribution in [3.8, 4) is 0 Å². The third kappa shape index (κ3) is 3.09. The Kier molecular flexibility index (Phi) is 4.75. The van der Waals surface area contributed by atoms with Crippen molar-refractivity contribution in [2.75, 3.05) is 13.7 Å². The predicted molar refractivity (Wildman–Crippen MR) is 50.2 cm³/mol.